The lowest BCUT2D eigenvalue weighted by molar-refractivity contribution is -0.142. The van der Waals surface area contributed by atoms with Crippen LogP contribution in [0.1, 0.15) is 24.0 Å². The predicted molar refractivity (Wildman–Crippen MR) is 107 cm³/mol. The molecule has 0 aliphatic carbocycles. The van der Waals surface area contributed by atoms with Gasteiger partial charge in [0.2, 0.25) is 0 Å². The van der Waals surface area contributed by atoms with Gasteiger partial charge in [0, 0.05) is 39.3 Å². The Balaban J connectivity index is 1.33. The average Bonchev–Trinajstić information content (AvgIpc) is 3.29. The van der Waals surface area contributed by atoms with Gasteiger partial charge in [-0.25, -0.2) is 0 Å². The van der Waals surface area contributed by atoms with E-state index in [-0.39, 0.29) is 12.0 Å². The molecule has 2 aromatic carbocycles. The SMILES string of the molecule is N#Cc1ccccc1-c1ccc(CN2CCN(C(=O)C3CCCO3)CC2)cc1. The monoisotopic (exact) mass is 375 g/mol. The third-order valence-corrected chi connectivity index (χ3v) is 5.61. The van der Waals surface area contributed by atoms with Gasteiger partial charge in [-0.15, -0.1) is 0 Å². The Labute approximate surface area is 166 Å². The van der Waals surface area contributed by atoms with Crippen molar-refractivity contribution in [3.63, 3.8) is 0 Å². The number of carbonyl (C=O) groups is 1. The molecule has 0 bridgehead atoms. The van der Waals surface area contributed by atoms with Crippen molar-refractivity contribution in [2.24, 2.45) is 0 Å². The fraction of sp³-hybridized carbons (Fsp3) is 0.391. The molecule has 1 atom stereocenters. The van der Waals surface area contributed by atoms with Crippen LogP contribution in [0.25, 0.3) is 11.1 Å². The lowest BCUT2D eigenvalue weighted by atomic mass is 9.99. The number of rotatable bonds is 4. The van der Waals surface area contributed by atoms with E-state index < -0.39 is 0 Å². The molecular weight excluding hydrogens is 350 g/mol. The van der Waals surface area contributed by atoms with E-state index in [9.17, 15) is 10.1 Å². The lowest BCUT2D eigenvalue weighted by Crippen LogP contribution is -2.51. The summed E-state index contributed by atoms with van der Waals surface area (Å²) in [5, 5.41) is 9.29. The zero-order valence-electron chi connectivity index (χ0n) is 16.0. The van der Waals surface area contributed by atoms with Crippen LogP contribution in [-0.2, 0) is 16.1 Å². The van der Waals surface area contributed by atoms with Crippen LogP contribution in [0.3, 0.4) is 0 Å². The summed E-state index contributed by atoms with van der Waals surface area (Å²) in [4.78, 5) is 16.8. The van der Waals surface area contributed by atoms with Crippen molar-refractivity contribution in [3.05, 3.63) is 59.7 Å². The van der Waals surface area contributed by atoms with Gasteiger partial charge in [0.25, 0.3) is 5.91 Å². The lowest BCUT2D eigenvalue weighted by Gasteiger charge is -2.35. The normalized spacial score (nSPS) is 20.1. The number of carbonyl (C=O) groups excluding carboxylic acids is 1. The average molecular weight is 375 g/mol. The zero-order chi connectivity index (χ0) is 19.3. The highest BCUT2D eigenvalue weighted by atomic mass is 16.5. The summed E-state index contributed by atoms with van der Waals surface area (Å²) in [6.07, 6.45) is 1.64. The van der Waals surface area contributed by atoms with Gasteiger partial charge in [-0.2, -0.15) is 5.26 Å². The number of benzene rings is 2. The molecule has 28 heavy (non-hydrogen) atoms. The van der Waals surface area contributed by atoms with Crippen LogP contribution in [0.2, 0.25) is 0 Å². The Kier molecular flexibility index (Phi) is 5.70. The molecule has 1 unspecified atom stereocenters. The van der Waals surface area contributed by atoms with Crippen molar-refractivity contribution in [1.29, 1.82) is 5.26 Å². The highest BCUT2D eigenvalue weighted by molar-refractivity contribution is 5.81. The largest absolute Gasteiger partial charge is 0.368 e. The highest BCUT2D eigenvalue weighted by Crippen LogP contribution is 2.24. The van der Waals surface area contributed by atoms with Gasteiger partial charge in [0.15, 0.2) is 0 Å². The molecule has 5 nitrogen and oxygen atoms in total. The maximum atomic E-state index is 12.4. The molecule has 0 radical (unpaired) electrons. The minimum absolute atomic E-state index is 0.165. The van der Waals surface area contributed by atoms with Gasteiger partial charge in [0.05, 0.1) is 11.6 Å². The Hall–Kier alpha value is -2.68. The van der Waals surface area contributed by atoms with E-state index in [1.54, 1.807) is 0 Å². The van der Waals surface area contributed by atoms with Crippen molar-refractivity contribution in [1.82, 2.24) is 9.80 Å². The van der Waals surface area contributed by atoms with Gasteiger partial charge in [-0.05, 0) is 35.6 Å². The molecular formula is C23H25N3O2. The Morgan fingerprint density at radius 3 is 2.50 bits per heavy atom. The zero-order valence-corrected chi connectivity index (χ0v) is 16.0. The van der Waals surface area contributed by atoms with Crippen molar-refractivity contribution in [2.75, 3.05) is 32.8 Å². The first-order valence-corrected chi connectivity index (χ1v) is 9.96. The van der Waals surface area contributed by atoms with Gasteiger partial charge in [-0.1, -0.05) is 42.5 Å². The van der Waals surface area contributed by atoms with Crippen LogP contribution < -0.4 is 0 Å². The molecule has 2 saturated heterocycles. The van der Waals surface area contributed by atoms with Crippen molar-refractivity contribution in [2.45, 2.75) is 25.5 Å². The second kappa shape index (κ2) is 8.55. The summed E-state index contributed by atoms with van der Waals surface area (Å²) in [5.74, 6) is 0.165. The third kappa shape index (κ3) is 4.09. The molecule has 0 N–H and O–H groups in total. The molecule has 0 spiro atoms. The molecule has 2 aromatic rings. The molecule has 2 fully saturated rings. The Bertz CT molecular complexity index is 858. The summed E-state index contributed by atoms with van der Waals surface area (Å²) in [5.41, 5.74) is 3.98. The first kappa shape index (κ1) is 18.7. The number of hydrogen-bond donors (Lipinski definition) is 0. The summed E-state index contributed by atoms with van der Waals surface area (Å²) >= 11 is 0. The molecule has 2 heterocycles. The summed E-state index contributed by atoms with van der Waals surface area (Å²) in [6.45, 7) is 4.90. The minimum Gasteiger partial charge on any atom is -0.368 e. The maximum absolute atomic E-state index is 12.4. The van der Waals surface area contributed by atoms with E-state index in [1.165, 1.54) is 5.56 Å². The van der Waals surface area contributed by atoms with E-state index in [1.807, 2.05) is 29.2 Å². The topological polar surface area (TPSA) is 56.6 Å². The molecule has 2 aliphatic heterocycles. The van der Waals surface area contributed by atoms with Gasteiger partial charge in [0.1, 0.15) is 6.10 Å². The molecule has 1 amide bonds. The minimum atomic E-state index is -0.213. The molecule has 144 valence electrons. The van der Waals surface area contributed by atoms with Crippen LogP contribution in [-0.4, -0.2) is 54.6 Å². The van der Waals surface area contributed by atoms with E-state index in [0.717, 1.165) is 56.7 Å². The van der Waals surface area contributed by atoms with E-state index in [0.29, 0.717) is 12.2 Å². The number of nitriles is 1. The van der Waals surface area contributed by atoms with Crippen LogP contribution in [0, 0.1) is 11.3 Å². The number of amides is 1. The van der Waals surface area contributed by atoms with Gasteiger partial charge < -0.3 is 9.64 Å². The number of hydrogen-bond acceptors (Lipinski definition) is 4. The summed E-state index contributed by atoms with van der Waals surface area (Å²) < 4.78 is 5.53. The Morgan fingerprint density at radius 1 is 1.07 bits per heavy atom. The number of nitrogens with zero attached hydrogens (tertiary/aromatic N) is 3. The summed E-state index contributed by atoms with van der Waals surface area (Å²) in [6, 6.07) is 18.4. The van der Waals surface area contributed by atoms with Crippen LogP contribution in [0.15, 0.2) is 48.5 Å². The van der Waals surface area contributed by atoms with E-state index in [2.05, 4.69) is 35.2 Å². The van der Waals surface area contributed by atoms with Crippen molar-refractivity contribution in [3.8, 4) is 17.2 Å². The molecule has 2 aliphatic rings. The molecule has 0 saturated carbocycles. The van der Waals surface area contributed by atoms with Crippen LogP contribution in [0.4, 0.5) is 0 Å². The van der Waals surface area contributed by atoms with E-state index in [4.69, 9.17) is 4.74 Å². The van der Waals surface area contributed by atoms with E-state index >= 15 is 0 Å². The van der Waals surface area contributed by atoms with Crippen molar-refractivity contribution >= 4 is 5.91 Å². The molecule has 5 heteroatoms. The first-order valence-electron chi connectivity index (χ1n) is 9.96. The molecule has 0 aromatic heterocycles. The number of piperazine rings is 1. The summed E-state index contributed by atoms with van der Waals surface area (Å²) in [7, 11) is 0. The smallest absolute Gasteiger partial charge is 0.251 e. The first-order chi connectivity index (χ1) is 13.7. The maximum Gasteiger partial charge on any atom is 0.251 e. The van der Waals surface area contributed by atoms with Gasteiger partial charge >= 0.3 is 0 Å². The fourth-order valence-corrected chi connectivity index (χ4v) is 3.98. The predicted octanol–water partition coefficient (Wildman–Crippen LogP) is 3.05. The van der Waals surface area contributed by atoms with Crippen LogP contribution >= 0.6 is 0 Å². The number of ether oxygens (including phenoxy) is 1. The second-order valence-electron chi connectivity index (χ2n) is 7.46. The standard InChI is InChI=1S/C23H25N3O2/c24-16-20-4-1-2-5-21(20)19-9-7-18(8-10-19)17-25-11-13-26(14-12-25)23(27)22-6-3-15-28-22/h1-2,4-5,7-10,22H,3,6,11-15,17H2. The fourth-order valence-electron chi connectivity index (χ4n) is 3.98. The second-order valence-corrected chi connectivity index (χ2v) is 7.46. The third-order valence-electron chi connectivity index (χ3n) is 5.61. The van der Waals surface area contributed by atoms with Gasteiger partial charge in [-0.3, -0.25) is 9.69 Å². The van der Waals surface area contributed by atoms with Crippen LogP contribution in [0.5, 0.6) is 0 Å². The molecule has 4 rings (SSSR count). The Morgan fingerprint density at radius 2 is 1.82 bits per heavy atom. The highest BCUT2D eigenvalue weighted by Gasteiger charge is 2.30. The quantitative estimate of drug-likeness (QED) is 0.824. The van der Waals surface area contributed by atoms with Crippen molar-refractivity contribution < 1.29 is 9.53 Å².